The molecule has 0 heterocycles. The van der Waals surface area contributed by atoms with Crippen LogP contribution in [-0.2, 0) is 0 Å². The molecule has 5 N–H and O–H groups in total. The van der Waals surface area contributed by atoms with E-state index in [1.54, 1.807) is 0 Å². The van der Waals surface area contributed by atoms with Gasteiger partial charge in [-0.3, -0.25) is 0 Å². The van der Waals surface area contributed by atoms with Crippen LogP contribution >= 0.6 is 0 Å². The maximum Gasteiger partial charge on any atom is 0.110 e. The summed E-state index contributed by atoms with van der Waals surface area (Å²) in [6.07, 6.45) is -4.40. The van der Waals surface area contributed by atoms with Crippen LogP contribution in [0.3, 0.4) is 0 Å². The normalized spacial score (nSPS) is 20.8. The van der Waals surface area contributed by atoms with Crippen molar-refractivity contribution in [1.82, 2.24) is 0 Å². The van der Waals surface area contributed by atoms with Crippen LogP contribution in [0.2, 0.25) is 0 Å². The lowest BCUT2D eigenvalue weighted by atomic mass is 10.0. The summed E-state index contributed by atoms with van der Waals surface area (Å²) < 4.78 is 0. The second-order valence-corrected chi connectivity index (χ2v) is 3.09. The van der Waals surface area contributed by atoms with Gasteiger partial charge >= 0.3 is 0 Å². The molecule has 4 atom stereocenters. The van der Waals surface area contributed by atoms with Gasteiger partial charge in [0.15, 0.2) is 0 Å². The Labute approximate surface area is 77.3 Å². The Kier molecular flexibility index (Phi) is 6.19. The zero-order chi connectivity index (χ0) is 10.4. The third kappa shape index (κ3) is 4.02. The van der Waals surface area contributed by atoms with Gasteiger partial charge in [-0.05, 0) is 6.42 Å². The first-order chi connectivity index (χ1) is 6.04. The van der Waals surface area contributed by atoms with Crippen LogP contribution in [0.4, 0.5) is 0 Å². The predicted octanol–water partition coefficient (Wildman–Crippen LogP) is -1.78. The van der Waals surface area contributed by atoms with E-state index in [4.69, 9.17) is 15.3 Å². The Balaban J connectivity index is 3.99. The van der Waals surface area contributed by atoms with Gasteiger partial charge in [-0.25, -0.2) is 0 Å². The molecular weight excluding hydrogens is 176 g/mol. The Morgan fingerprint density at radius 1 is 0.923 bits per heavy atom. The molecule has 0 saturated heterocycles. The van der Waals surface area contributed by atoms with Gasteiger partial charge in [0.1, 0.15) is 18.3 Å². The third-order valence-corrected chi connectivity index (χ3v) is 1.91. The Morgan fingerprint density at radius 3 is 1.77 bits per heavy atom. The number of hydrogen-bond acceptors (Lipinski definition) is 5. The molecule has 5 nitrogen and oxygen atoms in total. The largest absolute Gasteiger partial charge is 0.394 e. The minimum atomic E-state index is -1.51. The molecule has 0 aromatic rings. The van der Waals surface area contributed by atoms with E-state index in [1.165, 1.54) is 0 Å². The molecule has 13 heavy (non-hydrogen) atoms. The average molecular weight is 194 g/mol. The number of aliphatic hydroxyl groups is 5. The van der Waals surface area contributed by atoms with Crippen molar-refractivity contribution in [3.63, 3.8) is 0 Å². The lowest BCUT2D eigenvalue weighted by Crippen LogP contribution is -2.45. The van der Waals surface area contributed by atoms with Gasteiger partial charge in [0.25, 0.3) is 0 Å². The first kappa shape index (κ1) is 12.8. The molecule has 0 amide bonds. The minimum Gasteiger partial charge on any atom is -0.394 e. The van der Waals surface area contributed by atoms with E-state index in [0.29, 0.717) is 12.8 Å². The summed E-state index contributed by atoms with van der Waals surface area (Å²) >= 11 is 0. The molecule has 0 rings (SSSR count). The van der Waals surface area contributed by atoms with E-state index in [9.17, 15) is 10.2 Å². The highest BCUT2D eigenvalue weighted by Crippen LogP contribution is 2.09. The highest BCUT2D eigenvalue weighted by atomic mass is 16.4. The quantitative estimate of drug-likeness (QED) is 0.344. The van der Waals surface area contributed by atoms with E-state index in [-0.39, 0.29) is 0 Å². The van der Waals surface area contributed by atoms with Gasteiger partial charge in [-0.1, -0.05) is 13.3 Å². The maximum absolute atomic E-state index is 9.25. The lowest BCUT2D eigenvalue weighted by Gasteiger charge is -2.25. The standard InChI is InChI=1S/C8H18O5/c1-2-3-5(10)7(12)8(13)6(11)4-9/h5-13H,2-4H2,1H3/t5-,6-,7-,8-/m1/s1. The van der Waals surface area contributed by atoms with Crippen molar-refractivity contribution in [2.24, 2.45) is 0 Å². The van der Waals surface area contributed by atoms with Crippen LogP contribution in [0.1, 0.15) is 19.8 Å². The highest BCUT2D eigenvalue weighted by Gasteiger charge is 2.29. The van der Waals surface area contributed by atoms with E-state index in [2.05, 4.69) is 0 Å². The van der Waals surface area contributed by atoms with Crippen molar-refractivity contribution in [1.29, 1.82) is 0 Å². The molecule has 0 aliphatic carbocycles. The molecule has 0 spiro atoms. The molecule has 0 bridgehead atoms. The topological polar surface area (TPSA) is 101 Å². The molecule has 0 aliphatic rings. The molecule has 0 radical (unpaired) electrons. The number of rotatable bonds is 6. The third-order valence-electron chi connectivity index (χ3n) is 1.91. The highest BCUT2D eigenvalue weighted by molar-refractivity contribution is 4.80. The van der Waals surface area contributed by atoms with E-state index < -0.39 is 31.0 Å². The van der Waals surface area contributed by atoms with Gasteiger partial charge in [0.05, 0.1) is 12.7 Å². The van der Waals surface area contributed by atoms with Crippen molar-refractivity contribution in [2.75, 3.05) is 6.61 Å². The second kappa shape index (κ2) is 6.28. The van der Waals surface area contributed by atoms with Crippen LogP contribution in [0.5, 0.6) is 0 Å². The molecule has 80 valence electrons. The average Bonchev–Trinajstić information content (AvgIpc) is 2.14. The van der Waals surface area contributed by atoms with Gasteiger partial charge in [-0.15, -0.1) is 0 Å². The molecule has 0 aromatic carbocycles. The van der Waals surface area contributed by atoms with Crippen molar-refractivity contribution in [2.45, 2.75) is 44.2 Å². The molecular formula is C8H18O5. The van der Waals surface area contributed by atoms with Gasteiger partial charge < -0.3 is 25.5 Å². The first-order valence-corrected chi connectivity index (χ1v) is 4.37. The van der Waals surface area contributed by atoms with E-state index >= 15 is 0 Å². The molecule has 0 fully saturated rings. The summed E-state index contributed by atoms with van der Waals surface area (Å²) in [6.45, 7) is 1.18. The Morgan fingerprint density at radius 2 is 1.38 bits per heavy atom. The molecule has 0 aromatic heterocycles. The summed E-state index contributed by atoms with van der Waals surface area (Å²) in [6, 6.07) is 0. The fraction of sp³-hybridized carbons (Fsp3) is 1.00. The van der Waals surface area contributed by atoms with Gasteiger partial charge in [0, 0.05) is 0 Å². The fourth-order valence-electron chi connectivity index (χ4n) is 1.03. The van der Waals surface area contributed by atoms with Crippen LogP contribution in [0.15, 0.2) is 0 Å². The smallest absolute Gasteiger partial charge is 0.110 e. The van der Waals surface area contributed by atoms with Crippen molar-refractivity contribution >= 4 is 0 Å². The second-order valence-electron chi connectivity index (χ2n) is 3.09. The maximum atomic E-state index is 9.25. The van der Waals surface area contributed by atoms with Crippen molar-refractivity contribution in [3.05, 3.63) is 0 Å². The summed E-state index contributed by atoms with van der Waals surface area (Å²) in [5, 5.41) is 45.0. The number of hydrogen-bond donors (Lipinski definition) is 5. The first-order valence-electron chi connectivity index (χ1n) is 4.37. The molecule has 5 heteroatoms. The number of aliphatic hydroxyl groups excluding tert-OH is 5. The SMILES string of the molecule is CCC[C@@H](O)[C@@H](O)[C@H](O)[C@H](O)CO. The van der Waals surface area contributed by atoms with Gasteiger partial charge in [-0.2, -0.15) is 0 Å². The Hall–Kier alpha value is -0.200. The summed E-state index contributed by atoms with van der Waals surface area (Å²) in [5.41, 5.74) is 0. The fourth-order valence-corrected chi connectivity index (χ4v) is 1.03. The zero-order valence-corrected chi connectivity index (χ0v) is 7.67. The van der Waals surface area contributed by atoms with Crippen molar-refractivity contribution < 1.29 is 25.5 Å². The van der Waals surface area contributed by atoms with Crippen LogP contribution in [0, 0.1) is 0 Å². The zero-order valence-electron chi connectivity index (χ0n) is 7.67. The Bertz CT molecular complexity index is 130. The van der Waals surface area contributed by atoms with E-state index in [0.717, 1.165) is 0 Å². The summed E-state index contributed by atoms with van der Waals surface area (Å²) in [5.74, 6) is 0. The minimum absolute atomic E-state index is 0.344. The summed E-state index contributed by atoms with van der Waals surface area (Å²) in [7, 11) is 0. The molecule has 0 unspecified atom stereocenters. The lowest BCUT2D eigenvalue weighted by molar-refractivity contribution is -0.116. The van der Waals surface area contributed by atoms with Gasteiger partial charge in [0.2, 0.25) is 0 Å². The summed E-state index contributed by atoms with van der Waals surface area (Å²) in [4.78, 5) is 0. The van der Waals surface area contributed by atoms with Crippen LogP contribution in [-0.4, -0.2) is 56.6 Å². The predicted molar refractivity (Wildman–Crippen MR) is 46.0 cm³/mol. The van der Waals surface area contributed by atoms with Crippen molar-refractivity contribution in [3.8, 4) is 0 Å². The van der Waals surface area contributed by atoms with E-state index in [1.807, 2.05) is 6.92 Å². The monoisotopic (exact) mass is 194 g/mol. The van der Waals surface area contributed by atoms with Crippen LogP contribution in [0.25, 0.3) is 0 Å². The molecule has 0 aliphatic heterocycles. The molecule has 0 saturated carbocycles. The van der Waals surface area contributed by atoms with Crippen LogP contribution < -0.4 is 0 Å².